The molecule has 0 fully saturated rings. The van der Waals surface area contributed by atoms with E-state index >= 15 is 0 Å². The number of methoxy groups -OCH3 is 1. The topological polar surface area (TPSA) is 21.3 Å². The second-order valence-corrected chi connectivity index (χ2v) is 4.08. The Labute approximate surface area is 97.0 Å². The van der Waals surface area contributed by atoms with E-state index in [-0.39, 0.29) is 5.82 Å². The number of benzene rings is 1. The molecule has 0 heterocycles. The zero-order valence-electron chi connectivity index (χ0n) is 8.02. The van der Waals surface area contributed by atoms with Crippen LogP contribution in [-0.2, 0) is 11.3 Å². The van der Waals surface area contributed by atoms with Crippen LogP contribution in [0.4, 0.5) is 4.39 Å². The van der Waals surface area contributed by atoms with Crippen molar-refractivity contribution in [3.05, 3.63) is 33.1 Å². The van der Waals surface area contributed by atoms with Crippen molar-refractivity contribution < 1.29 is 9.13 Å². The molecule has 1 N–H and O–H groups in total. The van der Waals surface area contributed by atoms with Crippen molar-refractivity contribution in [2.75, 3.05) is 20.3 Å². The zero-order valence-corrected chi connectivity index (χ0v) is 10.2. The van der Waals surface area contributed by atoms with Gasteiger partial charge in [-0.1, -0.05) is 6.07 Å². The average molecular weight is 309 g/mol. The summed E-state index contributed by atoms with van der Waals surface area (Å²) in [5, 5.41) is 3.20. The van der Waals surface area contributed by atoms with Crippen LogP contribution in [0.15, 0.2) is 18.2 Å². The molecule has 0 aromatic heterocycles. The first-order valence-electron chi connectivity index (χ1n) is 4.37. The highest BCUT2D eigenvalue weighted by atomic mass is 127. The first kappa shape index (κ1) is 11.9. The minimum Gasteiger partial charge on any atom is -0.383 e. The van der Waals surface area contributed by atoms with Crippen LogP contribution in [0.5, 0.6) is 0 Å². The van der Waals surface area contributed by atoms with Crippen molar-refractivity contribution in [1.29, 1.82) is 0 Å². The predicted molar refractivity (Wildman–Crippen MR) is 62.7 cm³/mol. The highest BCUT2D eigenvalue weighted by Gasteiger charge is 1.99. The Morgan fingerprint density at radius 1 is 1.50 bits per heavy atom. The SMILES string of the molecule is COCCNCc1ccc(F)c(I)c1. The molecule has 78 valence electrons. The fraction of sp³-hybridized carbons (Fsp3) is 0.400. The fourth-order valence-corrected chi connectivity index (χ4v) is 1.64. The summed E-state index contributed by atoms with van der Waals surface area (Å²) < 4.78 is 18.5. The van der Waals surface area contributed by atoms with Gasteiger partial charge >= 0.3 is 0 Å². The summed E-state index contributed by atoms with van der Waals surface area (Å²) in [5.41, 5.74) is 1.09. The minimum atomic E-state index is -0.161. The third-order valence-electron chi connectivity index (χ3n) is 1.80. The van der Waals surface area contributed by atoms with E-state index in [0.717, 1.165) is 18.7 Å². The van der Waals surface area contributed by atoms with E-state index in [0.29, 0.717) is 10.2 Å². The van der Waals surface area contributed by atoms with Gasteiger partial charge < -0.3 is 10.1 Å². The number of ether oxygens (including phenoxy) is 1. The van der Waals surface area contributed by atoms with Crippen LogP contribution in [0, 0.1) is 9.39 Å². The molecule has 1 aromatic rings. The Morgan fingerprint density at radius 2 is 2.29 bits per heavy atom. The van der Waals surface area contributed by atoms with Gasteiger partial charge in [0.15, 0.2) is 0 Å². The molecule has 0 radical (unpaired) electrons. The molecule has 0 aliphatic carbocycles. The molecule has 0 atom stereocenters. The van der Waals surface area contributed by atoms with Gasteiger partial charge in [0.25, 0.3) is 0 Å². The van der Waals surface area contributed by atoms with Crippen LogP contribution in [0.2, 0.25) is 0 Å². The summed E-state index contributed by atoms with van der Waals surface area (Å²) >= 11 is 1.99. The molecular weight excluding hydrogens is 296 g/mol. The van der Waals surface area contributed by atoms with Crippen LogP contribution in [0.1, 0.15) is 5.56 Å². The van der Waals surface area contributed by atoms with Gasteiger partial charge in [0.2, 0.25) is 0 Å². The molecular formula is C10H13FINO. The first-order chi connectivity index (χ1) is 6.74. The lowest BCUT2D eigenvalue weighted by atomic mass is 10.2. The third-order valence-corrected chi connectivity index (χ3v) is 2.62. The lowest BCUT2D eigenvalue weighted by Crippen LogP contribution is -2.18. The van der Waals surface area contributed by atoms with Crippen LogP contribution in [0.25, 0.3) is 0 Å². The summed E-state index contributed by atoms with van der Waals surface area (Å²) in [4.78, 5) is 0. The number of hydrogen-bond donors (Lipinski definition) is 1. The van der Waals surface area contributed by atoms with Gasteiger partial charge in [-0.25, -0.2) is 4.39 Å². The summed E-state index contributed by atoms with van der Waals surface area (Å²) in [6.45, 7) is 2.25. The van der Waals surface area contributed by atoms with E-state index in [2.05, 4.69) is 5.32 Å². The highest BCUT2D eigenvalue weighted by molar-refractivity contribution is 14.1. The van der Waals surface area contributed by atoms with Gasteiger partial charge in [-0.3, -0.25) is 0 Å². The van der Waals surface area contributed by atoms with Gasteiger partial charge in [-0.2, -0.15) is 0 Å². The smallest absolute Gasteiger partial charge is 0.136 e. The molecule has 14 heavy (non-hydrogen) atoms. The van der Waals surface area contributed by atoms with E-state index in [4.69, 9.17) is 4.74 Å². The van der Waals surface area contributed by atoms with Crippen LogP contribution < -0.4 is 5.32 Å². The van der Waals surface area contributed by atoms with Gasteiger partial charge in [0, 0.05) is 23.8 Å². The van der Waals surface area contributed by atoms with Gasteiger partial charge in [-0.15, -0.1) is 0 Å². The Morgan fingerprint density at radius 3 is 2.93 bits per heavy atom. The molecule has 1 aromatic carbocycles. The van der Waals surface area contributed by atoms with Crippen molar-refractivity contribution in [3.8, 4) is 0 Å². The van der Waals surface area contributed by atoms with Gasteiger partial charge in [-0.05, 0) is 40.3 Å². The van der Waals surface area contributed by atoms with E-state index < -0.39 is 0 Å². The molecule has 0 aliphatic rings. The van der Waals surface area contributed by atoms with Crippen molar-refractivity contribution in [3.63, 3.8) is 0 Å². The maximum atomic E-state index is 12.9. The van der Waals surface area contributed by atoms with Crippen molar-refractivity contribution >= 4 is 22.6 Å². The Kier molecular flexibility index (Phi) is 5.36. The Bertz CT molecular complexity index is 293. The van der Waals surface area contributed by atoms with Gasteiger partial charge in [0.1, 0.15) is 5.82 Å². The maximum Gasteiger partial charge on any atom is 0.136 e. The Hall–Kier alpha value is -0.200. The molecule has 4 heteroatoms. The number of nitrogens with one attached hydrogen (secondary N) is 1. The highest BCUT2D eigenvalue weighted by Crippen LogP contribution is 2.12. The van der Waals surface area contributed by atoms with E-state index in [1.165, 1.54) is 6.07 Å². The largest absolute Gasteiger partial charge is 0.383 e. The summed E-state index contributed by atoms with van der Waals surface area (Å²) in [7, 11) is 1.67. The molecule has 0 amide bonds. The van der Waals surface area contributed by atoms with Crippen molar-refractivity contribution in [2.45, 2.75) is 6.54 Å². The van der Waals surface area contributed by atoms with E-state index in [1.807, 2.05) is 28.7 Å². The summed E-state index contributed by atoms with van der Waals surface area (Å²) in [6, 6.07) is 5.13. The second kappa shape index (κ2) is 6.31. The average Bonchev–Trinajstić information content (AvgIpc) is 2.18. The quantitative estimate of drug-likeness (QED) is 0.665. The lowest BCUT2D eigenvalue weighted by molar-refractivity contribution is 0.199. The summed E-state index contributed by atoms with van der Waals surface area (Å²) in [5.74, 6) is -0.161. The van der Waals surface area contributed by atoms with E-state index in [1.54, 1.807) is 13.2 Å². The van der Waals surface area contributed by atoms with Crippen LogP contribution >= 0.6 is 22.6 Å². The fourth-order valence-electron chi connectivity index (χ4n) is 1.06. The second-order valence-electron chi connectivity index (χ2n) is 2.92. The Balaban J connectivity index is 2.39. The van der Waals surface area contributed by atoms with Crippen LogP contribution in [-0.4, -0.2) is 20.3 Å². The molecule has 0 bridgehead atoms. The molecule has 0 saturated carbocycles. The third kappa shape index (κ3) is 3.89. The predicted octanol–water partition coefficient (Wildman–Crippen LogP) is 2.17. The zero-order chi connectivity index (χ0) is 10.4. The molecule has 2 nitrogen and oxygen atoms in total. The molecule has 0 aliphatic heterocycles. The monoisotopic (exact) mass is 309 g/mol. The van der Waals surface area contributed by atoms with Crippen molar-refractivity contribution in [2.24, 2.45) is 0 Å². The van der Waals surface area contributed by atoms with Crippen molar-refractivity contribution in [1.82, 2.24) is 5.32 Å². The normalized spacial score (nSPS) is 10.5. The number of halogens is 2. The number of rotatable bonds is 5. The van der Waals surface area contributed by atoms with Gasteiger partial charge in [0.05, 0.1) is 6.61 Å². The van der Waals surface area contributed by atoms with Crippen LogP contribution in [0.3, 0.4) is 0 Å². The standard InChI is InChI=1S/C10H13FINO/c1-14-5-4-13-7-8-2-3-9(11)10(12)6-8/h2-3,6,13H,4-5,7H2,1H3. The molecule has 1 rings (SSSR count). The first-order valence-corrected chi connectivity index (χ1v) is 5.45. The molecule has 0 spiro atoms. The maximum absolute atomic E-state index is 12.9. The molecule has 0 unspecified atom stereocenters. The number of hydrogen-bond acceptors (Lipinski definition) is 2. The summed E-state index contributed by atoms with van der Waals surface area (Å²) in [6.07, 6.45) is 0. The van der Waals surface area contributed by atoms with E-state index in [9.17, 15) is 4.39 Å². The lowest BCUT2D eigenvalue weighted by Gasteiger charge is -2.04. The minimum absolute atomic E-state index is 0.161. The molecule has 0 saturated heterocycles.